The summed E-state index contributed by atoms with van der Waals surface area (Å²) >= 11 is 0. The fourth-order valence-electron chi connectivity index (χ4n) is 2.16. The molecule has 0 N–H and O–H groups in total. The quantitative estimate of drug-likeness (QED) is 0.802. The summed E-state index contributed by atoms with van der Waals surface area (Å²) in [5.74, 6) is 0. The van der Waals surface area contributed by atoms with E-state index in [1.807, 2.05) is 30.3 Å². The summed E-state index contributed by atoms with van der Waals surface area (Å²) < 4.78 is 5.43. The Morgan fingerprint density at radius 1 is 1.29 bits per heavy atom. The van der Waals surface area contributed by atoms with Gasteiger partial charge in [0.15, 0.2) is 0 Å². The Morgan fingerprint density at radius 2 is 1.94 bits per heavy atom. The van der Waals surface area contributed by atoms with Crippen molar-refractivity contribution in [2.45, 2.75) is 38.3 Å². The number of nitrogens with zero attached hydrogens (tertiary/aromatic N) is 1. The molecule has 92 valence electrons. The number of rotatable bonds is 3. The second-order valence-electron chi connectivity index (χ2n) is 4.63. The summed E-state index contributed by atoms with van der Waals surface area (Å²) in [6, 6.07) is 9.95. The Hall–Kier alpha value is -1.51. The highest BCUT2D eigenvalue weighted by Crippen LogP contribution is 2.21. The summed E-state index contributed by atoms with van der Waals surface area (Å²) in [5, 5.41) is 0. The van der Waals surface area contributed by atoms with Crippen LogP contribution < -0.4 is 0 Å². The van der Waals surface area contributed by atoms with Crippen LogP contribution >= 0.6 is 0 Å². The molecule has 0 aromatic heterocycles. The van der Waals surface area contributed by atoms with Crippen molar-refractivity contribution in [3.05, 3.63) is 35.9 Å². The highest BCUT2D eigenvalue weighted by molar-refractivity contribution is 5.67. The molecule has 0 saturated heterocycles. The third-order valence-electron chi connectivity index (χ3n) is 3.14. The van der Waals surface area contributed by atoms with E-state index in [2.05, 4.69) is 0 Å². The van der Waals surface area contributed by atoms with E-state index in [1.165, 1.54) is 12.8 Å². The second-order valence-corrected chi connectivity index (χ2v) is 4.63. The van der Waals surface area contributed by atoms with Crippen molar-refractivity contribution < 1.29 is 9.53 Å². The van der Waals surface area contributed by atoms with Gasteiger partial charge in [-0.2, -0.15) is 0 Å². The van der Waals surface area contributed by atoms with Gasteiger partial charge in [0.2, 0.25) is 0 Å². The van der Waals surface area contributed by atoms with Crippen LogP contribution in [-0.2, 0) is 11.3 Å². The van der Waals surface area contributed by atoms with Gasteiger partial charge in [0.1, 0.15) is 6.10 Å². The SMILES string of the molecule is CN(Cc1ccccc1)C(=O)OC1CCCC1. The summed E-state index contributed by atoms with van der Waals surface area (Å²) in [7, 11) is 1.78. The lowest BCUT2D eigenvalue weighted by atomic mass is 10.2. The number of amides is 1. The molecular weight excluding hydrogens is 214 g/mol. The van der Waals surface area contributed by atoms with Crippen molar-refractivity contribution >= 4 is 6.09 Å². The van der Waals surface area contributed by atoms with Crippen molar-refractivity contribution in [1.82, 2.24) is 4.90 Å². The summed E-state index contributed by atoms with van der Waals surface area (Å²) in [4.78, 5) is 13.4. The van der Waals surface area contributed by atoms with Gasteiger partial charge in [0.25, 0.3) is 0 Å². The first kappa shape index (κ1) is 12.0. The van der Waals surface area contributed by atoms with Gasteiger partial charge >= 0.3 is 6.09 Å². The first-order chi connectivity index (χ1) is 8.25. The number of hydrogen-bond donors (Lipinski definition) is 0. The lowest BCUT2D eigenvalue weighted by Crippen LogP contribution is -2.29. The summed E-state index contributed by atoms with van der Waals surface area (Å²) in [6.45, 7) is 0.604. The highest BCUT2D eigenvalue weighted by Gasteiger charge is 2.21. The third-order valence-corrected chi connectivity index (χ3v) is 3.14. The molecule has 0 atom stereocenters. The smallest absolute Gasteiger partial charge is 0.410 e. The minimum Gasteiger partial charge on any atom is -0.446 e. The molecular formula is C14H19NO2. The summed E-state index contributed by atoms with van der Waals surface area (Å²) in [5.41, 5.74) is 1.12. The molecule has 0 radical (unpaired) electrons. The zero-order chi connectivity index (χ0) is 12.1. The molecule has 17 heavy (non-hydrogen) atoms. The molecule has 1 aliphatic carbocycles. The Morgan fingerprint density at radius 3 is 2.59 bits per heavy atom. The van der Waals surface area contributed by atoms with Gasteiger partial charge in [-0.1, -0.05) is 30.3 Å². The van der Waals surface area contributed by atoms with E-state index in [9.17, 15) is 4.79 Å². The van der Waals surface area contributed by atoms with Crippen molar-refractivity contribution in [3.8, 4) is 0 Å². The lowest BCUT2D eigenvalue weighted by molar-refractivity contribution is 0.0703. The second kappa shape index (κ2) is 5.71. The average Bonchev–Trinajstić information content (AvgIpc) is 2.83. The van der Waals surface area contributed by atoms with Crippen LogP contribution in [0.2, 0.25) is 0 Å². The molecule has 0 bridgehead atoms. The maximum absolute atomic E-state index is 11.8. The normalized spacial score (nSPS) is 15.8. The van der Waals surface area contributed by atoms with E-state index in [1.54, 1.807) is 11.9 Å². The van der Waals surface area contributed by atoms with Gasteiger partial charge in [0.05, 0.1) is 0 Å². The highest BCUT2D eigenvalue weighted by atomic mass is 16.6. The van der Waals surface area contributed by atoms with Crippen molar-refractivity contribution in [3.63, 3.8) is 0 Å². The van der Waals surface area contributed by atoms with Crippen LogP contribution in [0.15, 0.2) is 30.3 Å². The Bertz CT molecular complexity index is 358. The topological polar surface area (TPSA) is 29.5 Å². The minimum atomic E-state index is -0.208. The molecule has 3 nitrogen and oxygen atoms in total. The van der Waals surface area contributed by atoms with E-state index >= 15 is 0 Å². The van der Waals surface area contributed by atoms with E-state index in [0.717, 1.165) is 18.4 Å². The molecule has 1 aliphatic rings. The molecule has 1 aromatic rings. The number of hydrogen-bond acceptors (Lipinski definition) is 2. The molecule has 3 heteroatoms. The lowest BCUT2D eigenvalue weighted by Gasteiger charge is -2.20. The standard InChI is InChI=1S/C14H19NO2/c1-15(11-12-7-3-2-4-8-12)14(16)17-13-9-5-6-10-13/h2-4,7-8,13H,5-6,9-11H2,1H3. The van der Waals surface area contributed by atoms with Crippen LogP contribution in [0.25, 0.3) is 0 Å². The number of carbonyl (C=O) groups excluding carboxylic acids is 1. The molecule has 0 unspecified atom stereocenters. The van der Waals surface area contributed by atoms with Crippen LogP contribution in [0.4, 0.5) is 4.79 Å². The van der Waals surface area contributed by atoms with Gasteiger partial charge in [-0.25, -0.2) is 4.79 Å². The molecule has 0 aliphatic heterocycles. The maximum atomic E-state index is 11.8. The van der Waals surface area contributed by atoms with Gasteiger partial charge in [-0.05, 0) is 31.2 Å². The third kappa shape index (κ3) is 3.48. The van der Waals surface area contributed by atoms with Gasteiger partial charge in [-0.3, -0.25) is 0 Å². The summed E-state index contributed by atoms with van der Waals surface area (Å²) in [6.07, 6.45) is 4.33. The first-order valence-electron chi connectivity index (χ1n) is 6.21. The predicted octanol–water partition coefficient (Wildman–Crippen LogP) is 3.20. The molecule has 1 aromatic carbocycles. The molecule has 1 amide bonds. The first-order valence-corrected chi connectivity index (χ1v) is 6.21. The number of carbonyl (C=O) groups is 1. The van der Waals surface area contributed by atoms with Gasteiger partial charge in [-0.15, -0.1) is 0 Å². The molecule has 0 heterocycles. The predicted molar refractivity (Wildman–Crippen MR) is 66.6 cm³/mol. The van der Waals surface area contributed by atoms with Crippen molar-refractivity contribution in [2.24, 2.45) is 0 Å². The minimum absolute atomic E-state index is 0.140. The zero-order valence-corrected chi connectivity index (χ0v) is 10.3. The van der Waals surface area contributed by atoms with E-state index in [0.29, 0.717) is 6.54 Å². The van der Waals surface area contributed by atoms with Crippen LogP contribution in [0.5, 0.6) is 0 Å². The average molecular weight is 233 g/mol. The zero-order valence-electron chi connectivity index (χ0n) is 10.3. The van der Waals surface area contributed by atoms with Crippen LogP contribution in [0, 0.1) is 0 Å². The maximum Gasteiger partial charge on any atom is 0.410 e. The van der Waals surface area contributed by atoms with E-state index in [4.69, 9.17) is 4.74 Å². The Balaban J connectivity index is 1.82. The Kier molecular flexibility index (Phi) is 4.02. The van der Waals surface area contributed by atoms with Crippen molar-refractivity contribution in [2.75, 3.05) is 7.05 Å². The largest absolute Gasteiger partial charge is 0.446 e. The van der Waals surface area contributed by atoms with Crippen LogP contribution in [0.1, 0.15) is 31.2 Å². The number of benzene rings is 1. The monoisotopic (exact) mass is 233 g/mol. The van der Waals surface area contributed by atoms with E-state index in [-0.39, 0.29) is 12.2 Å². The molecule has 0 spiro atoms. The molecule has 2 rings (SSSR count). The van der Waals surface area contributed by atoms with Crippen molar-refractivity contribution in [1.29, 1.82) is 0 Å². The van der Waals surface area contributed by atoms with Gasteiger partial charge < -0.3 is 9.64 Å². The fraction of sp³-hybridized carbons (Fsp3) is 0.500. The van der Waals surface area contributed by atoms with Crippen LogP contribution in [-0.4, -0.2) is 24.1 Å². The molecule has 1 saturated carbocycles. The van der Waals surface area contributed by atoms with Crippen LogP contribution in [0.3, 0.4) is 0 Å². The van der Waals surface area contributed by atoms with E-state index < -0.39 is 0 Å². The Labute approximate surface area is 102 Å². The molecule has 1 fully saturated rings. The fourth-order valence-corrected chi connectivity index (χ4v) is 2.16. The number of ether oxygens (including phenoxy) is 1. The van der Waals surface area contributed by atoms with Gasteiger partial charge in [0, 0.05) is 13.6 Å².